The summed E-state index contributed by atoms with van der Waals surface area (Å²) in [5.41, 5.74) is 5.28. The van der Waals surface area contributed by atoms with Crippen LogP contribution in [0.5, 0.6) is 0 Å². The molecule has 0 aromatic carbocycles. The highest BCUT2D eigenvalue weighted by Crippen LogP contribution is 1.94. The van der Waals surface area contributed by atoms with Gasteiger partial charge in [0.15, 0.2) is 0 Å². The molecule has 0 atom stereocenters. The van der Waals surface area contributed by atoms with E-state index in [-0.39, 0.29) is 12.5 Å². The summed E-state index contributed by atoms with van der Waals surface area (Å²) < 4.78 is 26.4. The van der Waals surface area contributed by atoms with Crippen molar-refractivity contribution < 1.29 is 13.2 Å². The zero-order valence-corrected chi connectivity index (χ0v) is 10.5. The number of nitrogens with two attached hydrogens (primary N) is 1. The highest BCUT2D eigenvalue weighted by molar-refractivity contribution is 7.87. The molecule has 0 aromatic rings. The van der Waals surface area contributed by atoms with Crippen molar-refractivity contribution in [3.63, 3.8) is 0 Å². The maximum absolute atomic E-state index is 11.5. The minimum absolute atomic E-state index is 0.247. The zero-order chi connectivity index (χ0) is 12.6. The van der Waals surface area contributed by atoms with Crippen LogP contribution in [0.1, 0.15) is 13.3 Å². The van der Waals surface area contributed by atoms with E-state index in [1.54, 1.807) is 6.92 Å². The zero-order valence-electron chi connectivity index (χ0n) is 9.69. The third kappa shape index (κ3) is 6.01. The van der Waals surface area contributed by atoms with E-state index in [0.29, 0.717) is 26.1 Å². The molecule has 0 saturated carbocycles. The van der Waals surface area contributed by atoms with Crippen molar-refractivity contribution in [1.82, 2.24) is 14.3 Å². The van der Waals surface area contributed by atoms with Crippen LogP contribution in [-0.4, -0.2) is 51.9 Å². The first-order valence-corrected chi connectivity index (χ1v) is 6.55. The Morgan fingerprint density at radius 2 is 2.06 bits per heavy atom. The fourth-order valence-electron chi connectivity index (χ4n) is 0.961. The number of nitrogens with zero attached hydrogens (tertiary/aromatic N) is 1. The minimum Gasteiger partial charge on any atom is -0.355 e. The lowest BCUT2D eigenvalue weighted by Gasteiger charge is -2.16. The summed E-state index contributed by atoms with van der Waals surface area (Å²) in [6.07, 6.45) is 0.582. The van der Waals surface area contributed by atoms with E-state index in [0.717, 1.165) is 4.31 Å². The Morgan fingerprint density at radius 3 is 2.56 bits per heavy atom. The van der Waals surface area contributed by atoms with Gasteiger partial charge in [-0.3, -0.25) is 4.79 Å². The Bertz CT molecular complexity index is 304. The van der Waals surface area contributed by atoms with E-state index in [9.17, 15) is 13.2 Å². The molecule has 0 aromatic heterocycles. The van der Waals surface area contributed by atoms with Crippen LogP contribution in [-0.2, 0) is 15.0 Å². The topological polar surface area (TPSA) is 105 Å². The molecular weight excluding hydrogens is 232 g/mol. The Labute approximate surface area is 96.6 Å². The van der Waals surface area contributed by atoms with Gasteiger partial charge in [0.05, 0.1) is 6.54 Å². The van der Waals surface area contributed by atoms with Crippen LogP contribution in [0, 0.1) is 0 Å². The molecule has 0 rings (SSSR count). The van der Waals surface area contributed by atoms with Crippen LogP contribution in [0.25, 0.3) is 0 Å². The number of carbonyl (C=O) groups excluding carboxylic acids is 1. The number of rotatable bonds is 8. The van der Waals surface area contributed by atoms with E-state index < -0.39 is 10.2 Å². The van der Waals surface area contributed by atoms with Gasteiger partial charge in [-0.1, -0.05) is 0 Å². The summed E-state index contributed by atoms with van der Waals surface area (Å²) in [5, 5.41) is 2.50. The van der Waals surface area contributed by atoms with Crippen molar-refractivity contribution in [3.05, 3.63) is 0 Å². The second-order valence-electron chi connectivity index (χ2n) is 3.24. The monoisotopic (exact) mass is 252 g/mol. The molecule has 8 heteroatoms. The summed E-state index contributed by atoms with van der Waals surface area (Å²) >= 11 is 0. The summed E-state index contributed by atoms with van der Waals surface area (Å²) in [6, 6.07) is 0. The molecule has 0 bridgehead atoms. The molecular formula is C8H20N4O3S. The lowest BCUT2D eigenvalue weighted by molar-refractivity contribution is -0.119. The van der Waals surface area contributed by atoms with Gasteiger partial charge in [-0.05, 0) is 19.9 Å². The van der Waals surface area contributed by atoms with E-state index in [1.165, 1.54) is 7.05 Å². The largest absolute Gasteiger partial charge is 0.355 e. The van der Waals surface area contributed by atoms with Gasteiger partial charge in [-0.15, -0.1) is 0 Å². The summed E-state index contributed by atoms with van der Waals surface area (Å²) in [6.45, 7) is 2.75. The Balaban J connectivity index is 4.08. The molecule has 0 heterocycles. The highest BCUT2D eigenvalue weighted by Gasteiger charge is 2.17. The minimum atomic E-state index is -3.58. The molecule has 0 aliphatic rings. The summed E-state index contributed by atoms with van der Waals surface area (Å²) in [4.78, 5) is 11.0. The van der Waals surface area contributed by atoms with Crippen molar-refractivity contribution in [2.45, 2.75) is 13.3 Å². The Hall–Kier alpha value is -0.700. The van der Waals surface area contributed by atoms with Crippen molar-refractivity contribution in [2.24, 2.45) is 5.73 Å². The van der Waals surface area contributed by atoms with Gasteiger partial charge in [0, 0.05) is 20.1 Å². The van der Waals surface area contributed by atoms with Crippen LogP contribution in [0.15, 0.2) is 0 Å². The first-order chi connectivity index (χ1) is 7.44. The number of hydrogen-bond acceptors (Lipinski definition) is 4. The van der Waals surface area contributed by atoms with E-state index in [2.05, 4.69) is 10.0 Å². The van der Waals surface area contributed by atoms with Crippen molar-refractivity contribution >= 4 is 16.1 Å². The van der Waals surface area contributed by atoms with Gasteiger partial charge < -0.3 is 11.1 Å². The quantitative estimate of drug-likeness (QED) is 0.476. The van der Waals surface area contributed by atoms with Crippen molar-refractivity contribution in [2.75, 3.05) is 33.2 Å². The first-order valence-electron chi connectivity index (χ1n) is 5.11. The second-order valence-corrected chi connectivity index (χ2v) is 5.11. The third-order valence-corrected chi connectivity index (χ3v) is 3.39. The molecule has 0 spiro atoms. The molecule has 0 aliphatic carbocycles. The second kappa shape index (κ2) is 7.55. The molecule has 1 amide bonds. The lowest BCUT2D eigenvalue weighted by Crippen LogP contribution is -2.43. The molecule has 4 N–H and O–H groups in total. The predicted molar refractivity (Wildman–Crippen MR) is 61.9 cm³/mol. The van der Waals surface area contributed by atoms with Crippen molar-refractivity contribution in [1.29, 1.82) is 0 Å². The standard InChI is InChI=1S/C8H20N4O3S/c1-3-10-8(13)7-11-16(14,15)12(2)6-4-5-9/h11H,3-7,9H2,1-2H3,(H,10,13). The average Bonchev–Trinajstić information content (AvgIpc) is 2.23. The molecule has 0 saturated heterocycles. The van der Waals surface area contributed by atoms with Crippen LogP contribution < -0.4 is 15.8 Å². The molecule has 96 valence electrons. The molecule has 0 aliphatic heterocycles. The molecule has 0 radical (unpaired) electrons. The normalized spacial score (nSPS) is 11.8. The number of nitrogens with one attached hydrogen (secondary N) is 2. The molecule has 7 nitrogen and oxygen atoms in total. The smallest absolute Gasteiger partial charge is 0.279 e. The summed E-state index contributed by atoms with van der Waals surface area (Å²) in [5.74, 6) is -0.349. The Morgan fingerprint density at radius 1 is 1.44 bits per heavy atom. The predicted octanol–water partition coefficient (Wildman–Crippen LogP) is -1.76. The fourth-order valence-corrected chi connectivity index (χ4v) is 1.86. The van der Waals surface area contributed by atoms with Gasteiger partial charge >= 0.3 is 0 Å². The molecule has 16 heavy (non-hydrogen) atoms. The fraction of sp³-hybridized carbons (Fsp3) is 0.875. The molecule has 0 unspecified atom stereocenters. The Kier molecular flexibility index (Phi) is 7.22. The first kappa shape index (κ1) is 15.3. The molecule has 0 fully saturated rings. The van der Waals surface area contributed by atoms with Crippen LogP contribution in [0.3, 0.4) is 0 Å². The number of likely N-dealkylation sites (N-methyl/N-ethyl adjacent to an activating group) is 1. The van der Waals surface area contributed by atoms with Gasteiger partial charge in [0.2, 0.25) is 5.91 Å². The van der Waals surface area contributed by atoms with Gasteiger partial charge in [0.25, 0.3) is 10.2 Å². The van der Waals surface area contributed by atoms with Gasteiger partial charge in [0.1, 0.15) is 0 Å². The number of amides is 1. The lowest BCUT2D eigenvalue weighted by atomic mass is 10.4. The number of hydrogen-bond donors (Lipinski definition) is 3. The maximum Gasteiger partial charge on any atom is 0.279 e. The highest BCUT2D eigenvalue weighted by atomic mass is 32.2. The van der Waals surface area contributed by atoms with Crippen molar-refractivity contribution in [3.8, 4) is 0 Å². The van der Waals surface area contributed by atoms with E-state index >= 15 is 0 Å². The average molecular weight is 252 g/mol. The summed E-state index contributed by atoms with van der Waals surface area (Å²) in [7, 11) is -2.14. The van der Waals surface area contributed by atoms with Crippen LogP contribution in [0.4, 0.5) is 0 Å². The van der Waals surface area contributed by atoms with Crippen LogP contribution >= 0.6 is 0 Å². The van der Waals surface area contributed by atoms with Gasteiger partial charge in [-0.25, -0.2) is 0 Å². The third-order valence-electron chi connectivity index (χ3n) is 1.88. The number of carbonyl (C=O) groups is 1. The van der Waals surface area contributed by atoms with E-state index in [4.69, 9.17) is 5.73 Å². The maximum atomic E-state index is 11.5. The van der Waals surface area contributed by atoms with E-state index in [1.807, 2.05) is 0 Å². The van der Waals surface area contributed by atoms with Gasteiger partial charge in [-0.2, -0.15) is 17.4 Å². The van der Waals surface area contributed by atoms with Crippen LogP contribution in [0.2, 0.25) is 0 Å². The SMILES string of the molecule is CCNC(=O)CNS(=O)(=O)N(C)CCCN.